The second kappa shape index (κ2) is 7.42. The Bertz CT molecular complexity index is 858. The molecule has 0 radical (unpaired) electrons. The van der Waals surface area contributed by atoms with Crippen LogP contribution in [-0.2, 0) is 6.42 Å². The number of rotatable bonds is 6. The number of hydrogen-bond donors (Lipinski definition) is 1. The molecule has 0 aliphatic rings. The fourth-order valence-electron chi connectivity index (χ4n) is 2.88. The van der Waals surface area contributed by atoms with Gasteiger partial charge in [0, 0.05) is 25.9 Å². The monoisotopic (exact) mass is 336 g/mol. The molecule has 0 unspecified atom stereocenters. The van der Waals surface area contributed by atoms with Crippen LogP contribution in [0.2, 0.25) is 0 Å². The summed E-state index contributed by atoms with van der Waals surface area (Å²) in [7, 11) is 3.95. The summed E-state index contributed by atoms with van der Waals surface area (Å²) in [4.78, 5) is 19.6. The van der Waals surface area contributed by atoms with Crippen LogP contribution in [0.5, 0.6) is 0 Å². The van der Waals surface area contributed by atoms with Crippen molar-refractivity contribution in [3.05, 3.63) is 36.3 Å². The number of aryl methyl sites for hydroxylation is 1. The summed E-state index contributed by atoms with van der Waals surface area (Å²) in [5.74, 6) is 1.41. The second-order valence-electron chi connectivity index (χ2n) is 6.38. The number of nitrogens with two attached hydrogens (primary N) is 1. The van der Waals surface area contributed by atoms with E-state index in [9.17, 15) is 0 Å². The molecule has 6 nitrogen and oxygen atoms in total. The molecule has 0 aliphatic carbocycles. The summed E-state index contributed by atoms with van der Waals surface area (Å²) in [5, 5.41) is 0.875. The van der Waals surface area contributed by atoms with Gasteiger partial charge < -0.3 is 10.6 Å². The Labute approximate surface area is 148 Å². The highest BCUT2D eigenvalue weighted by Crippen LogP contribution is 2.28. The van der Waals surface area contributed by atoms with Crippen LogP contribution in [-0.4, -0.2) is 34.0 Å². The average Bonchev–Trinajstić information content (AvgIpc) is 2.62. The van der Waals surface area contributed by atoms with Crippen LogP contribution in [0, 0.1) is 0 Å². The standard InChI is InChI=1S/C19H24N6/c1-4-5-6-7-13-10-15(14-8-9-16(21-11-14)25(2)3)24-19-17(13)18(20)22-12-23-19/h8-12H,4-7H2,1-3H3,(H2,20,22,23,24). The molecule has 0 bridgehead atoms. The van der Waals surface area contributed by atoms with Gasteiger partial charge >= 0.3 is 0 Å². The Morgan fingerprint density at radius 2 is 1.92 bits per heavy atom. The molecule has 3 heterocycles. The van der Waals surface area contributed by atoms with E-state index in [4.69, 9.17) is 5.73 Å². The normalized spacial score (nSPS) is 11.0. The molecule has 0 aliphatic heterocycles. The Hall–Kier alpha value is -2.76. The van der Waals surface area contributed by atoms with Crippen LogP contribution in [0.4, 0.5) is 11.6 Å². The van der Waals surface area contributed by atoms with E-state index in [1.807, 2.05) is 37.3 Å². The van der Waals surface area contributed by atoms with Crippen molar-refractivity contribution in [1.29, 1.82) is 0 Å². The van der Waals surface area contributed by atoms with Crippen molar-refractivity contribution in [3.63, 3.8) is 0 Å². The summed E-state index contributed by atoms with van der Waals surface area (Å²) < 4.78 is 0. The molecule has 0 fully saturated rings. The van der Waals surface area contributed by atoms with Crippen LogP contribution < -0.4 is 10.6 Å². The summed E-state index contributed by atoms with van der Waals surface area (Å²) in [5.41, 5.74) is 9.74. The summed E-state index contributed by atoms with van der Waals surface area (Å²) >= 11 is 0. The van der Waals surface area contributed by atoms with Gasteiger partial charge in [0.05, 0.1) is 11.1 Å². The zero-order valence-corrected chi connectivity index (χ0v) is 15.0. The fraction of sp³-hybridized carbons (Fsp3) is 0.368. The number of nitrogen functional groups attached to an aromatic ring is 1. The first-order valence-electron chi connectivity index (χ1n) is 8.64. The summed E-state index contributed by atoms with van der Waals surface area (Å²) in [6.45, 7) is 2.20. The largest absolute Gasteiger partial charge is 0.383 e. The molecular weight excluding hydrogens is 312 g/mol. The van der Waals surface area contributed by atoms with E-state index in [-0.39, 0.29) is 0 Å². The third-order valence-electron chi connectivity index (χ3n) is 4.27. The van der Waals surface area contributed by atoms with Gasteiger partial charge in [0.1, 0.15) is 18.0 Å². The summed E-state index contributed by atoms with van der Waals surface area (Å²) in [6, 6.07) is 6.13. The zero-order chi connectivity index (χ0) is 17.8. The number of aromatic nitrogens is 4. The van der Waals surface area contributed by atoms with E-state index >= 15 is 0 Å². The number of nitrogens with zero attached hydrogens (tertiary/aromatic N) is 5. The predicted molar refractivity (Wildman–Crippen MR) is 103 cm³/mol. The Kier molecular flexibility index (Phi) is 5.07. The van der Waals surface area contributed by atoms with E-state index in [0.29, 0.717) is 11.5 Å². The Balaban J connectivity index is 2.06. The van der Waals surface area contributed by atoms with Gasteiger partial charge in [-0.2, -0.15) is 0 Å². The molecule has 0 saturated carbocycles. The van der Waals surface area contributed by atoms with Crippen LogP contribution in [0.25, 0.3) is 22.3 Å². The Morgan fingerprint density at radius 3 is 2.60 bits per heavy atom. The van der Waals surface area contributed by atoms with Gasteiger partial charge in [0.25, 0.3) is 0 Å². The molecule has 0 saturated heterocycles. The number of hydrogen-bond acceptors (Lipinski definition) is 6. The number of fused-ring (bicyclic) bond motifs is 1. The Morgan fingerprint density at radius 1 is 1.08 bits per heavy atom. The highest BCUT2D eigenvalue weighted by atomic mass is 15.1. The van der Waals surface area contributed by atoms with Gasteiger partial charge in [-0.3, -0.25) is 0 Å². The van der Waals surface area contributed by atoms with Crippen molar-refractivity contribution in [2.75, 3.05) is 24.7 Å². The number of unbranched alkanes of at least 4 members (excludes halogenated alkanes) is 2. The molecule has 3 aromatic heterocycles. The first kappa shape index (κ1) is 17.1. The second-order valence-corrected chi connectivity index (χ2v) is 6.38. The van der Waals surface area contributed by atoms with Crippen molar-refractivity contribution in [3.8, 4) is 11.3 Å². The molecule has 0 atom stereocenters. The molecule has 3 rings (SSSR count). The lowest BCUT2D eigenvalue weighted by molar-refractivity contribution is 0.719. The fourth-order valence-corrected chi connectivity index (χ4v) is 2.88. The minimum atomic E-state index is 0.497. The van der Waals surface area contributed by atoms with Crippen LogP contribution in [0.3, 0.4) is 0 Å². The minimum absolute atomic E-state index is 0.497. The smallest absolute Gasteiger partial charge is 0.165 e. The third-order valence-corrected chi connectivity index (χ3v) is 4.27. The maximum absolute atomic E-state index is 6.09. The van der Waals surface area contributed by atoms with Gasteiger partial charge in [0.15, 0.2) is 5.65 Å². The summed E-state index contributed by atoms with van der Waals surface area (Å²) in [6.07, 6.45) is 7.74. The van der Waals surface area contributed by atoms with E-state index in [1.165, 1.54) is 19.2 Å². The number of pyridine rings is 2. The van der Waals surface area contributed by atoms with E-state index in [0.717, 1.165) is 40.9 Å². The average molecular weight is 336 g/mol. The molecule has 0 amide bonds. The minimum Gasteiger partial charge on any atom is -0.383 e. The highest BCUT2D eigenvalue weighted by molar-refractivity contribution is 5.90. The molecule has 0 aromatic carbocycles. The predicted octanol–water partition coefficient (Wildman–Crippen LogP) is 3.47. The molecule has 6 heteroatoms. The van der Waals surface area contributed by atoms with Crippen molar-refractivity contribution < 1.29 is 0 Å². The first-order chi connectivity index (χ1) is 12.1. The lowest BCUT2D eigenvalue weighted by Crippen LogP contribution is -2.10. The van der Waals surface area contributed by atoms with Crippen LogP contribution in [0.15, 0.2) is 30.7 Å². The van der Waals surface area contributed by atoms with Crippen molar-refractivity contribution in [2.24, 2.45) is 0 Å². The maximum atomic E-state index is 6.09. The van der Waals surface area contributed by atoms with Gasteiger partial charge in [0.2, 0.25) is 0 Å². The molecular formula is C19H24N6. The zero-order valence-electron chi connectivity index (χ0n) is 15.0. The quantitative estimate of drug-likeness (QED) is 0.694. The van der Waals surface area contributed by atoms with E-state index in [1.54, 1.807) is 0 Å². The van der Waals surface area contributed by atoms with Gasteiger partial charge in [-0.25, -0.2) is 19.9 Å². The maximum Gasteiger partial charge on any atom is 0.165 e. The highest BCUT2D eigenvalue weighted by Gasteiger charge is 2.12. The van der Waals surface area contributed by atoms with Crippen molar-refractivity contribution in [2.45, 2.75) is 32.6 Å². The van der Waals surface area contributed by atoms with Crippen LogP contribution in [0.1, 0.15) is 31.7 Å². The number of anilines is 2. The van der Waals surface area contributed by atoms with E-state index in [2.05, 4.69) is 32.9 Å². The molecule has 0 spiro atoms. The molecule has 25 heavy (non-hydrogen) atoms. The topological polar surface area (TPSA) is 80.8 Å². The third kappa shape index (κ3) is 3.68. The molecule has 130 valence electrons. The lowest BCUT2D eigenvalue weighted by Gasteiger charge is -2.13. The van der Waals surface area contributed by atoms with Gasteiger partial charge in [-0.1, -0.05) is 19.8 Å². The van der Waals surface area contributed by atoms with Crippen molar-refractivity contribution in [1.82, 2.24) is 19.9 Å². The SMILES string of the molecule is CCCCCc1cc(-c2ccc(N(C)C)nc2)nc2ncnc(N)c12. The van der Waals surface area contributed by atoms with E-state index < -0.39 is 0 Å². The lowest BCUT2D eigenvalue weighted by atomic mass is 10.0. The van der Waals surface area contributed by atoms with Gasteiger partial charge in [-0.15, -0.1) is 0 Å². The van der Waals surface area contributed by atoms with Gasteiger partial charge in [-0.05, 0) is 36.6 Å². The van der Waals surface area contributed by atoms with Crippen LogP contribution >= 0.6 is 0 Å². The van der Waals surface area contributed by atoms with Crippen molar-refractivity contribution >= 4 is 22.7 Å². The molecule has 3 aromatic rings. The first-order valence-corrected chi connectivity index (χ1v) is 8.64. The molecule has 2 N–H and O–H groups in total.